The number of benzene rings is 1. The van der Waals surface area contributed by atoms with Gasteiger partial charge in [0.1, 0.15) is 5.75 Å². The van der Waals surface area contributed by atoms with Gasteiger partial charge in [-0.2, -0.15) is 0 Å². The van der Waals surface area contributed by atoms with Crippen LogP contribution in [0, 0.1) is 0 Å². The van der Waals surface area contributed by atoms with Gasteiger partial charge in [-0.05, 0) is 45.0 Å². The molecule has 0 saturated heterocycles. The zero-order chi connectivity index (χ0) is 12.1. The maximum Gasteiger partial charge on any atom is 0.347 e. The lowest BCUT2D eigenvalue weighted by Gasteiger charge is -2.15. The Morgan fingerprint density at radius 3 is 2.25 bits per heavy atom. The van der Waals surface area contributed by atoms with E-state index in [1.54, 1.807) is 45.0 Å². The molecule has 0 aliphatic carbocycles. The van der Waals surface area contributed by atoms with Crippen molar-refractivity contribution in [3.63, 3.8) is 0 Å². The molecule has 0 radical (unpaired) electrons. The third-order valence-electron chi connectivity index (χ3n) is 1.81. The van der Waals surface area contributed by atoms with E-state index in [2.05, 4.69) is 0 Å². The van der Waals surface area contributed by atoms with Gasteiger partial charge >= 0.3 is 5.97 Å². The molecule has 0 aliphatic heterocycles. The van der Waals surface area contributed by atoms with Crippen molar-refractivity contribution in [2.24, 2.45) is 0 Å². The Balaban J connectivity index is 2.53. The molecular formula is C12H15ClO3. The van der Waals surface area contributed by atoms with E-state index in [9.17, 15) is 4.79 Å². The zero-order valence-corrected chi connectivity index (χ0v) is 10.3. The van der Waals surface area contributed by atoms with E-state index >= 15 is 0 Å². The fraction of sp³-hybridized carbons (Fsp3) is 0.417. The summed E-state index contributed by atoms with van der Waals surface area (Å²) in [6, 6.07) is 6.83. The maximum absolute atomic E-state index is 11.5. The van der Waals surface area contributed by atoms with Gasteiger partial charge in [0.05, 0.1) is 6.10 Å². The van der Waals surface area contributed by atoms with Gasteiger partial charge in [0.25, 0.3) is 0 Å². The molecule has 0 spiro atoms. The van der Waals surface area contributed by atoms with Crippen LogP contribution in [0.2, 0.25) is 5.02 Å². The van der Waals surface area contributed by atoms with Crippen molar-refractivity contribution >= 4 is 17.6 Å². The molecular weight excluding hydrogens is 228 g/mol. The number of carbonyl (C=O) groups excluding carboxylic acids is 1. The summed E-state index contributed by atoms with van der Waals surface area (Å²) in [4.78, 5) is 11.5. The van der Waals surface area contributed by atoms with E-state index < -0.39 is 6.10 Å². The van der Waals surface area contributed by atoms with E-state index in [0.717, 1.165) is 0 Å². The monoisotopic (exact) mass is 242 g/mol. The molecule has 0 aliphatic rings. The first-order valence-corrected chi connectivity index (χ1v) is 5.49. The molecule has 3 nitrogen and oxygen atoms in total. The topological polar surface area (TPSA) is 35.5 Å². The number of esters is 1. The first kappa shape index (κ1) is 12.8. The van der Waals surface area contributed by atoms with Crippen LogP contribution in [0.3, 0.4) is 0 Å². The van der Waals surface area contributed by atoms with Crippen molar-refractivity contribution in [1.29, 1.82) is 0 Å². The summed E-state index contributed by atoms with van der Waals surface area (Å²) < 4.78 is 10.4. The standard InChI is InChI=1S/C12H15ClO3/c1-8(2)15-12(14)9(3)16-11-6-4-10(13)5-7-11/h4-9H,1-3H3. The van der Waals surface area contributed by atoms with Crippen LogP contribution in [-0.2, 0) is 9.53 Å². The van der Waals surface area contributed by atoms with Crippen LogP contribution in [0.1, 0.15) is 20.8 Å². The minimum Gasteiger partial charge on any atom is -0.479 e. The number of hydrogen-bond acceptors (Lipinski definition) is 3. The predicted octanol–water partition coefficient (Wildman–Crippen LogP) is 3.06. The first-order valence-electron chi connectivity index (χ1n) is 5.11. The van der Waals surface area contributed by atoms with E-state index in [1.165, 1.54) is 0 Å². The molecule has 1 aromatic rings. The minimum absolute atomic E-state index is 0.135. The van der Waals surface area contributed by atoms with E-state index in [-0.39, 0.29) is 12.1 Å². The summed E-state index contributed by atoms with van der Waals surface area (Å²) in [6.45, 7) is 5.25. The molecule has 0 N–H and O–H groups in total. The second kappa shape index (κ2) is 5.75. The quantitative estimate of drug-likeness (QED) is 0.762. The van der Waals surface area contributed by atoms with E-state index in [4.69, 9.17) is 21.1 Å². The molecule has 1 atom stereocenters. The van der Waals surface area contributed by atoms with Crippen LogP contribution in [0.25, 0.3) is 0 Å². The van der Waals surface area contributed by atoms with Crippen molar-refractivity contribution in [2.45, 2.75) is 33.0 Å². The first-order chi connectivity index (χ1) is 7.49. The molecule has 1 unspecified atom stereocenters. The fourth-order valence-corrected chi connectivity index (χ4v) is 1.22. The molecule has 88 valence electrons. The molecule has 1 rings (SSSR count). The average molecular weight is 243 g/mol. The normalized spacial score (nSPS) is 12.3. The Morgan fingerprint density at radius 1 is 1.19 bits per heavy atom. The van der Waals surface area contributed by atoms with Crippen LogP contribution in [-0.4, -0.2) is 18.2 Å². The van der Waals surface area contributed by atoms with Crippen molar-refractivity contribution in [3.05, 3.63) is 29.3 Å². The summed E-state index contributed by atoms with van der Waals surface area (Å²) in [5.41, 5.74) is 0. The van der Waals surface area contributed by atoms with Crippen LogP contribution >= 0.6 is 11.6 Å². The zero-order valence-electron chi connectivity index (χ0n) is 9.57. The van der Waals surface area contributed by atoms with Gasteiger partial charge in [-0.1, -0.05) is 11.6 Å². The molecule has 1 aromatic carbocycles. The second-order valence-electron chi connectivity index (χ2n) is 3.70. The van der Waals surface area contributed by atoms with Crippen LogP contribution in [0.4, 0.5) is 0 Å². The van der Waals surface area contributed by atoms with E-state index in [1.807, 2.05) is 0 Å². The summed E-state index contributed by atoms with van der Waals surface area (Å²) in [6.07, 6.45) is -0.757. The highest BCUT2D eigenvalue weighted by molar-refractivity contribution is 6.30. The van der Waals surface area contributed by atoms with Crippen LogP contribution < -0.4 is 4.74 Å². The smallest absolute Gasteiger partial charge is 0.347 e. The van der Waals surface area contributed by atoms with Gasteiger partial charge < -0.3 is 9.47 Å². The van der Waals surface area contributed by atoms with Gasteiger partial charge in [-0.25, -0.2) is 4.79 Å². The lowest BCUT2D eigenvalue weighted by atomic mass is 10.3. The third-order valence-corrected chi connectivity index (χ3v) is 2.06. The van der Waals surface area contributed by atoms with Gasteiger partial charge in [0.2, 0.25) is 0 Å². The maximum atomic E-state index is 11.5. The van der Waals surface area contributed by atoms with Gasteiger partial charge in [-0.3, -0.25) is 0 Å². The number of hydrogen-bond donors (Lipinski definition) is 0. The molecule has 0 heterocycles. The highest BCUT2D eigenvalue weighted by Crippen LogP contribution is 2.17. The number of ether oxygens (including phenoxy) is 2. The van der Waals surface area contributed by atoms with Crippen molar-refractivity contribution in [3.8, 4) is 5.75 Å². The van der Waals surface area contributed by atoms with Crippen molar-refractivity contribution in [1.82, 2.24) is 0 Å². The summed E-state index contributed by atoms with van der Waals surface area (Å²) in [7, 11) is 0. The van der Waals surface area contributed by atoms with Gasteiger partial charge in [-0.15, -0.1) is 0 Å². The highest BCUT2D eigenvalue weighted by Gasteiger charge is 2.17. The minimum atomic E-state index is -0.622. The van der Waals surface area contributed by atoms with E-state index in [0.29, 0.717) is 10.8 Å². The highest BCUT2D eigenvalue weighted by atomic mass is 35.5. The third kappa shape index (κ3) is 4.11. The average Bonchev–Trinajstić information content (AvgIpc) is 2.20. The molecule has 4 heteroatoms. The lowest BCUT2D eigenvalue weighted by Crippen LogP contribution is -2.28. The molecule has 0 aromatic heterocycles. The Morgan fingerprint density at radius 2 is 1.75 bits per heavy atom. The fourth-order valence-electron chi connectivity index (χ4n) is 1.09. The number of halogens is 1. The Hall–Kier alpha value is -1.22. The molecule has 0 fully saturated rings. The van der Waals surface area contributed by atoms with Crippen LogP contribution in [0.15, 0.2) is 24.3 Å². The second-order valence-corrected chi connectivity index (χ2v) is 4.14. The summed E-state index contributed by atoms with van der Waals surface area (Å²) in [5, 5.41) is 0.629. The molecule has 0 bridgehead atoms. The largest absolute Gasteiger partial charge is 0.479 e. The predicted molar refractivity (Wildman–Crippen MR) is 62.8 cm³/mol. The lowest BCUT2D eigenvalue weighted by molar-refractivity contribution is -0.154. The Bertz CT molecular complexity index is 346. The molecule has 0 amide bonds. The summed E-state index contributed by atoms with van der Waals surface area (Å²) >= 11 is 5.73. The molecule has 0 saturated carbocycles. The van der Waals surface area contributed by atoms with Gasteiger partial charge in [0.15, 0.2) is 6.10 Å². The molecule has 16 heavy (non-hydrogen) atoms. The van der Waals surface area contributed by atoms with Crippen molar-refractivity contribution in [2.75, 3.05) is 0 Å². The van der Waals surface area contributed by atoms with Gasteiger partial charge in [0, 0.05) is 5.02 Å². The SMILES string of the molecule is CC(C)OC(=O)C(C)Oc1ccc(Cl)cc1. The van der Waals surface area contributed by atoms with Crippen molar-refractivity contribution < 1.29 is 14.3 Å². The number of carbonyl (C=O) groups is 1. The number of rotatable bonds is 4. The Labute approximate surface area is 100 Å². The van der Waals surface area contributed by atoms with Crippen LogP contribution in [0.5, 0.6) is 5.75 Å². The Kier molecular flexibility index (Phi) is 4.62. The summed E-state index contributed by atoms with van der Waals surface area (Å²) in [5.74, 6) is 0.225.